The van der Waals surface area contributed by atoms with Gasteiger partial charge in [0.05, 0.1) is 10.4 Å². The summed E-state index contributed by atoms with van der Waals surface area (Å²) >= 11 is 1.20. The van der Waals surface area contributed by atoms with Crippen molar-refractivity contribution in [2.45, 2.75) is 18.8 Å². The minimum atomic E-state index is -4.71. The van der Waals surface area contributed by atoms with Crippen LogP contribution < -0.4 is 4.90 Å². The van der Waals surface area contributed by atoms with E-state index in [2.05, 4.69) is 4.37 Å². The first-order chi connectivity index (χ1) is 13.7. The fourth-order valence-electron chi connectivity index (χ4n) is 3.32. The summed E-state index contributed by atoms with van der Waals surface area (Å²) in [4.78, 5) is 1.70. The number of fused-ring (bicyclic) bond motifs is 1. The van der Waals surface area contributed by atoms with Gasteiger partial charge in [0, 0.05) is 23.7 Å². The summed E-state index contributed by atoms with van der Waals surface area (Å²) in [6.45, 7) is 0. The zero-order chi connectivity index (χ0) is 20.9. The summed E-state index contributed by atoms with van der Waals surface area (Å²) in [7, 11) is 1.10. The number of hydrogen-bond acceptors (Lipinski definition) is 7. The molecular formula is C19H16F3N3O3S. The van der Waals surface area contributed by atoms with Gasteiger partial charge in [0.25, 0.3) is 0 Å². The molecule has 0 aliphatic carbocycles. The Morgan fingerprint density at radius 2 is 1.83 bits per heavy atom. The van der Waals surface area contributed by atoms with E-state index in [0.717, 1.165) is 16.6 Å². The Morgan fingerprint density at radius 1 is 1.10 bits per heavy atom. The molecule has 4 rings (SSSR count). The lowest BCUT2D eigenvalue weighted by molar-refractivity contribution is -0.133. The van der Waals surface area contributed by atoms with Gasteiger partial charge in [-0.3, -0.25) is 4.90 Å². The van der Waals surface area contributed by atoms with Gasteiger partial charge in [-0.2, -0.15) is 17.5 Å². The number of hydrogen-bond donors (Lipinski definition) is 3. The minimum Gasteiger partial charge on any atom is -0.507 e. The standard InChI is InChI=1S/C19H16F3N3O3S/c1-24-15(19(20,21)22)9-16(27)25(18(24)28)10-6-7-14-12(8-10)17(23-29-14)11-4-2-3-5-13(11)26/h2-9,16,18,26-28H,1H3. The van der Waals surface area contributed by atoms with E-state index in [0.29, 0.717) is 33.3 Å². The van der Waals surface area contributed by atoms with Crippen LogP contribution >= 0.6 is 11.5 Å². The number of nitrogens with zero attached hydrogens (tertiary/aromatic N) is 3. The average Bonchev–Trinajstić information content (AvgIpc) is 3.07. The lowest BCUT2D eigenvalue weighted by Gasteiger charge is -2.43. The molecule has 2 atom stereocenters. The van der Waals surface area contributed by atoms with Crippen molar-refractivity contribution >= 4 is 27.3 Å². The van der Waals surface area contributed by atoms with Gasteiger partial charge < -0.3 is 20.2 Å². The average molecular weight is 423 g/mol. The summed E-state index contributed by atoms with van der Waals surface area (Å²) in [6.07, 6.45) is -7.48. The Labute approximate surface area is 167 Å². The van der Waals surface area contributed by atoms with Crippen molar-refractivity contribution < 1.29 is 28.5 Å². The molecule has 10 heteroatoms. The maximum atomic E-state index is 13.1. The fraction of sp³-hybridized carbons (Fsp3) is 0.211. The van der Waals surface area contributed by atoms with Crippen LogP contribution in [0, 0.1) is 0 Å². The number of phenols is 1. The second-order valence-electron chi connectivity index (χ2n) is 6.56. The molecule has 2 heterocycles. The minimum absolute atomic E-state index is 0.0423. The molecule has 1 aliphatic heterocycles. The van der Waals surface area contributed by atoms with Gasteiger partial charge in [-0.05, 0) is 47.9 Å². The second-order valence-corrected chi connectivity index (χ2v) is 7.36. The van der Waals surface area contributed by atoms with Crippen molar-refractivity contribution in [2.24, 2.45) is 0 Å². The number of aromatic hydroxyl groups is 1. The Hall–Kier alpha value is -2.82. The van der Waals surface area contributed by atoms with Crippen molar-refractivity contribution in [1.82, 2.24) is 9.27 Å². The Morgan fingerprint density at radius 3 is 2.52 bits per heavy atom. The van der Waals surface area contributed by atoms with E-state index < -0.39 is 24.5 Å². The molecule has 0 amide bonds. The maximum absolute atomic E-state index is 13.1. The third kappa shape index (κ3) is 3.28. The van der Waals surface area contributed by atoms with Gasteiger partial charge in [0.15, 0.2) is 6.23 Å². The van der Waals surface area contributed by atoms with E-state index in [-0.39, 0.29) is 5.75 Å². The first-order valence-corrected chi connectivity index (χ1v) is 9.30. The number of halogens is 3. The predicted octanol–water partition coefficient (Wildman–Crippen LogP) is 3.46. The fourth-order valence-corrected chi connectivity index (χ4v) is 4.09. The molecular weight excluding hydrogens is 407 g/mol. The van der Waals surface area contributed by atoms with E-state index in [9.17, 15) is 28.5 Å². The second kappa shape index (κ2) is 6.90. The lowest BCUT2D eigenvalue weighted by atomic mass is 10.1. The Bertz CT molecular complexity index is 1100. The molecule has 2 unspecified atom stereocenters. The molecule has 0 bridgehead atoms. The number of alkyl halides is 3. The maximum Gasteiger partial charge on any atom is 0.431 e. The molecule has 0 saturated heterocycles. The highest BCUT2D eigenvalue weighted by Gasteiger charge is 2.44. The molecule has 0 radical (unpaired) electrons. The quantitative estimate of drug-likeness (QED) is 0.586. The van der Waals surface area contributed by atoms with Gasteiger partial charge >= 0.3 is 6.18 Å². The first-order valence-electron chi connectivity index (χ1n) is 8.52. The van der Waals surface area contributed by atoms with Crippen molar-refractivity contribution in [3.05, 3.63) is 54.2 Å². The van der Waals surface area contributed by atoms with E-state index in [4.69, 9.17) is 0 Å². The zero-order valence-corrected chi connectivity index (χ0v) is 15.8. The van der Waals surface area contributed by atoms with E-state index >= 15 is 0 Å². The third-order valence-electron chi connectivity index (χ3n) is 4.77. The molecule has 0 saturated carbocycles. The number of para-hydroxylation sites is 1. The zero-order valence-electron chi connectivity index (χ0n) is 15.0. The number of aromatic nitrogens is 1. The monoisotopic (exact) mass is 423 g/mol. The van der Waals surface area contributed by atoms with Crippen LogP contribution in [0.2, 0.25) is 0 Å². The number of rotatable bonds is 2. The number of aliphatic hydroxyl groups excluding tert-OH is 2. The highest BCUT2D eigenvalue weighted by atomic mass is 32.1. The molecule has 1 aromatic heterocycles. The normalized spacial score (nSPS) is 20.3. The number of allylic oxidation sites excluding steroid dienone is 1. The molecule has 0 fully saturated rings. The van der Waals surface area contributed by atoms with Gasteiger partial charge in [-0.1, -0.05) is 12.1 Å². The predicted molar refractivity (Wildman–Crippen MR) is 103 cm³/mol. The summed E-state index contributed by atoms with van der Waals surface area (Å²) < 4.78 is 44.6. The van der Waals surface area contributed by atoms with Crippen LogP contribution in [0.25, 0.3) is 21.3 Å². The van der Waals surface area contributed by atoms with E-state index in [1.807, 2.05) is 0 Å². The summed E-state index contributed by atoms with van der Waals surface area (Å²) in [5.74, 6) is 0.0423. The largest absolute Gasteiger partial charge is 0.507 e. The number of anilines is 1. The van der Waals surface area contributed by atoms with Gasteiger partial charge in [0.1, 0.15) is 11.4 Å². The van der Waals surface area contributed by atoms with Gasteiger partial charge in [-0.25, -0.2) is 0 Å². The molecule has 1 aliphatic rings. The van der Waals surface area contributed by atoms with Crippen LogP contribution in [0.4, 0.5) is 18.9 Å². The number of aliphatic hydroxyl groups is 2. The SMILES string of the molecule is CN1C(C(F)(F)F)=CC(O)N(c2ccc3snc(-c4ccccc4O)c3c2)C1O. The van der Waals surface area contributed by atoms with Crippen LogP contribution in [0.5, 0.6) is 5.75 Å². The first kappa shape index (κ1) is 19.5. The lowest BCUT2D eigenvalue weighted by Crippen LogP contribution is -2.56. The highest BCUT2D eigenvalue weighted by Crippen LogP contribution is 2.39. The molecule has 152 valence electrons. The third-order valence-corrected chi connectivity index (χ3v) is 5.59. The summed E-state index contributed by atoms with van der Waals surface area (Å²) in [5.41, 5.74) is 0.193. The Kier molecular flexibility index (Phi) is 4.64. The van der Waals surface area contributed by atoms with Crippen LogP contribution in [0.15, 0.2) is 54.2 Å². The van der Waals surface area contributed by atoms with Gasteiger partial charge in [-0.15, -0.1) is 0 Å². The van der Waals surface area contributed by atoms with Crippen molar-refractivity contribution in [3.63, 3.8) is 0 Å². The van der Waals surface area contributed by atoms with Crippen LogP contribution in [-0.2, 0) is 0 Å². The topological polar surface area (TPSA) is 80.1 Å². The molecule has 6 nitrogen and oxygen atoms in total. The van der Waals surface area contributed by atoms with Crippen molar-refractivity contribution in [2.75, 3.05) is 11.9 Å². The Balaban J connectivity index is 1.80. The van der Waals surface area contributed by atoms with Crippen LogP contribution in [-0.4, -0.2) is 50.4 Å². The van der Waals surface area contributed by atoms with E-state index in [1.54, 1.807) is 36.4 Å². The van der Waals surface area contributed by atoms with Gasteiger partial charge in [0.2, 0.25) is 6.35 Å². The van der Waals surface area contributed by atoms with Crippen molar-refractivity contribution in [1.29, 1.82) is 0 Å². The summed E-state index contributed by atoms with van der Waals surface area (Å²) in [6, 6.07) is 11.6. The molecule has 3 aromatic rings. The highest BCUT2D eigenvalue weighted by molar-refractivity contribution is 7.13. The number of benzene rings is 2. The van der Waals surface area contributed by atoms with Crippen LogP contribution in [0.3, 0.4) is 0 Å². The molecule has 29 heavy (non-hydrogen) atoms. The summed E-state index contributed by atoms with van der Waals surface area (Å²) in [5, 5.41) is 31.5. The molecule has 3 N–H and O–H groups in total. The molecule has 0 spiro atoms. The smallest absolute Gasteiger partial charge is 0.431 e. The number of phenolic OH excluding ortho intramolecular Hbond substituents is 1. The van der Waals surface area contributed by atoms with Crippen molar-refractivity contribution in [3.8, 4) is 17.0 Å². The van der Waals surface area contributed by atoms with Crippen LogP contribution in [0.1, 0.15) is 0 Å². The molecule has 2 aromatic carbocycles. The van der Waals surface area contributed by atoms with E-state index in [1.165, 1.54) is 17.6 Å².